The molecule has 3 aromatic carbocycles. The van der Waals surface area contributed by atoms with E-state index in [0.717, 1.165) is 5.56 Å². The first-order chi connectivity index (χ1) is 22.5. The average Bonchev–Trinajstić information content (AvgIpc) is 3.03. The van der Waals surface area contributed by atoms with Gasteiger partial charge in [-0.2, -0.15) is 5.10 Å². The number of non-ortho nitro benzene ring substituents is 1. The third-order valence-corrected chi connectivity index (χ3v) is 7.78. The van der Waals surface area contributed by atoms with Crippen molar-refractivity contribution in [3.05, 3.63) is 102 Å². The summed E-state index contributed by atoms with van der Waals surface area (Å²) in [7, 11) is 1.42. The number of benzene rings is 3. The lowest BCUT2D eigenvalue weighted by molar-refractivity contribution is -0.384. The summed E-state index contributed by atoms with van der Waals surface area (Å²) >= 11 is 6.93. The van der Waals surface area contributed by atoms with Crippen LogP contribution in [0, 0.1) is 10.1 Å². The first-order valence-electron chi connectivity index (χ1n) is 13.9. The van der Waals surface area contributed by atoms with Gasteiger partial charge in [-0.1, -0.05) is 6.07 Å². The molecular formula is C31H29Br2N5O9. The van der Waals surface area contributed by atoms with E-state index in [-0.39, 0.29) is 42.6 Å². The molecule has 3 N–H and O–H groups in total. The van der Waals surface area contributed by atoms with Gasteiger partial charge < -0.3 is 29.6 Å². The quantitative estimate of drug-likeness (QED) is 0.0884. The predicted octanol–water partition coefficient (Wildman–Crippen LogP) is 5.43. The second-order valence-corrected chi connectivity index (χ2v) is 11.5. The fourth-order valence-electron chi connectivity index (χ4n) is 4.42. The Morgan fingerprint density at radius 3 is 2.40 bits per heavy atom. The number of ether oxygens (including phenoxy) is 4. The minimum Gasteiger partial charge on any atom is -0.493 e. The van der Waals surface area contributed by atoms with Crippen LogP contribution in [0.1, 0.15) is 36.6 Å². The highest BCUT2D eigenvalue weighted by molar-refractivity contribution is 9.11. The van der Waals surface area contributed by atoms with E-state index in [1.54, 1.807) is 56.3 Å². The van der Waals surface area contributed by atoms with Crippen molar-refractivity contribution in [2.75, 3.05) is 20.3 Å². The summed E-state index contributed by atoms with van der Waals surface area (Å²) in [6.45, 7) is 3.28. The normalized spacial score (nSPS) is 14.2. The molecule has 0 radical (unpaired) electrons. The number of nitro groups is 1. The van der Waals surface area contributed by atoms with Crippen molar-refractivity contribution in [2.24, 2.45) is 5.10 Å². The maximum absolute atomic E-state index is 12.6. The Morgan fingerprint density at radius 2 is 1.77 bits per heavy atom. The molecule has 14 nitrogen and oxygen atoms in total. The van der Waals surface area contributed by atoms with Gasteiger partial charge in [-0.25, -0.2) is 15.0 Å². The Hall–Kier alpha value is -4.96. The second kappa shape index (κ2) is 16.0. The number of hydrazone groups is 1. The summed E-state index contributed by atoms with van der Waals surface area (Å²) in [6, 6.07) is 13.1. The van der Waals surface area contributed by atoms with Gasteiger partial charge in [0.15, 0.2) is 18.1 Å². The van der Waals surface area contributed by atoms with Crippen LogP contribution in [0.3, 0.4) is 0 Å². The highest BCUT2D eigenvalue weighted by atomic mass is 79.9. The van der Waals surface area contributed by atoms with Gasteiger partial charge in [0.1, 0.15) is 12.4 Å². The maximum Gasteiger partial charge on any atom is 0.338 e. The summed E-state index contributed by atoms with van der Waals surface area (Å²) in [5.41, 5.74) is 4.96. The summed E-state index contributed by atoms with van der Waals surface area (Å²) in [4.78, 5) is 47.6. The summed E-state index contributed by atoms with van der Waals surface area (Å²) in [6.07, 6.45) is 1.44. The second-order valence-electron chi connectivity index (χ2n) is 9.81. The highest BCUT2D eigenvalue weighted by Gasteiger charge is 2.32. The van der Waals surface area contributed by atoms with Crippen LogP contribution in [0.15, 0.2) is 79.9 Å². The first-order valence-corrected chi connectivity index (χ1v) is 15.5. The molecular weight excluding hydrogens is 746 g/mol. The van der Waals surface area contributed by atoms with Crippen LogP contribution in [0.2, 0.25) is 0 Å². The molecule has 0 fully saturated rings. The van der Waals surface area contributed by atoms with Gasteiger partial charge in [-0.05, 0) is 98.8 Å². The third kappa shape index (κ3) is 9.07. The molecule has 0 spiro atoms. The zero-order chi connectivity index (χ0) is 34.1. The predicted molar refractivity (Wildman–Crippen MR) is 177 cm³/mol. The largest absolute Gasteiger partial charge is 0.493 e. The number of hydrogen-bond acceptors (Lipinski definition) is 10. The van der Waals surface area contributed by atoms with Crippen LogP contribution in [-0.2, 0) is 20.9 Å². The topological polar surface area (TPSA) is 180 Å². The van der Waals surface area contributed by atoms with Crippen LogP contribution >= 0.6 is 31.9 Å². The summed E-state index contributed by atoms with van der Waals surface area (Å²) < 4.78 is 23.4. The lowest BCUT2D eigenvalue weighted by Crippen LogP contribution is -2.45. The van der Waals surface area contributed by atoms with Gasteiger partial charge in [0.25, 0.3) is 11.6 Å². The van der Waals surface area contributed by atoms with E-state index in [2.05, 4.69) is 53.0 Å². The Labute approximate surface area is 285 Å². The molecule has 0 aromatic heterocycles. The number of nitro benzene ring substituents is 1. The van der Waals surface area contributed by atoms with Crippen molar-refractivity contribution < 1.29 is 38.3 Å². The van der Waals surface area contributed by atoms with E-state index < -0.39 is 28.9 Å². The number of rotatable bonds is 13. The molecule has 3 aromatic rings. The van der Waals surface area contributed by atoms with Gasteiger partial charge >= 0.3 is 12.0 Å². The van der Waals surface area contributed by atoms with Crippen LogP contribution in [-0.4, -0.2) is 49.4 Å². The Bertz CT molecular complexity index is 1720. The molecule has 16 heteroatoms. The molecule has 0 saturated carbocycles. The molecule has 1 atom stereocenters. The number of amides is 3. The molecule has 3 amide bonds. The van der Waals surface area contributed by atoms with Gasteiger partial charge in [0.2, 0.25) is 0 Å². The SMILES string of the molecule is CCOC(=O)C1=C(C)NC(=O)N[C@H]1c1ccc(OCC(=O)N/N=C\c2cc(Br)c(OCc3ccc([N+](=O)[O-])cc3)c(Br)c2)c(OC)c1. The van der Waals surface area contributed by atoms with Crippen molar-refractivity contribution in [2.45, 2.75) is 26.5 Å². The van der Waals surface area contributed by atoms with Gasteiger partial charge in [0, 0.05) is 17.8 Å². The fourth-order valence-corrected chi connectivity index (χ4v) is 5.87. The number of esters is 1. The number of allylic oxidation sites excluding steroid dienone is 1. The zero-order valence-electron chi connectivity index (χ0n) is 25.3. The third-order valence-electron chi connectivity index (χ3n) is 6.60. The minimum absolute atomic E-state index is 0.00261. The molecule has 4 rings (SSSR count). The highest BCUT2D eigenvalue weighted by Crippen LogP contribution is 2.36. The maximum atomic E-state index is 12.6. The van der Waals surface area contributed by atoms with E-state index in [9.17, 15) is 24.5 Å². The monoisotopic (exact) mass is 773 g/mol. The van der Waals surface area contributed by atoms with Crippen LogP contribution in [0.5, 0.6) is 17.2 Å². The molecule has 47 heavy (non-hydrogen) atoms. The van der Waals surface area contributed by atoms with Gasteiger partial charge in [-0.15, -0.1) is 0 Å². The zero-order valence-corrected chi connectivity index (χ0v) is 28.5. The van der Waals surface area contributed by atoms with E-state index in [1.165, 1.54) is 25.5 Å². The number of urea groups is 1. The van der Waals surface area contributed by atoms with Crippen LogP contribution in [0.4, 0.5) is 10.5 Å². The lowest BCUT2D eigenvalue weighted by Gasteiger charge is -2.28. The van der Waals surface area contributed by atoms with Crippen LogP contribution < -0.4 is 30.3 Å². The van der Waals surface area contributed by atoms with Gasteiger partial charge in [0.05, 0.1) is 45.4 Å². The van der Waals surface area contributed by atoms with E-state index in [0.29, 0.717) is 31.5 Å². The van der Waals surface area contributed by atoms with Crippen molar-refractivity contribution >= 4 is 61.7 Å². The molecule has 1 heterocycles. The van der Waals surface area contributed by atoms with E-state index in [1.807, 2.05) is 0 Å². The van der Waals surface area contributed by atoms with Crippen molar-refractivity contribution in [3.63, 3.8) is 0 Å². The molecule has 246 valence electrons. The Kier molecular flexibility index (Phi) is 11.9. The van der Waals surface area contributed by atoms with Crippen LogP contribution in [0.25, 0.3) is 0 Å². The molecule has 0 unspecified atom stereocenters. The number of methoxy groups -OCH3 is 1. The number of hydrogen-bond donors (Lipinski definition) is 3. The molecule has 0 saturated heterocycles. The first kappa shape index (κ1) is 34.9. The average molecular weight is 775 g/mol. The molecule has 0 bridgehead atoms. The minimum atomic E-state index is -0.792. The van der Waals surface area contributed by atoms with E-state index in [4.69, 9.17) is 18.9 Å². The van der Waals surface area contributed by atoms with Crippen molar-refractivity contribution in [1.82, 2.24) is 16.1 Å². The molecule has 1 aliphatic rings. The standard InChI is InChI=1S/C31H29Br2N5O9/c1-4-45-30(40)27-17(2)35-31(41)36-28(27)20-7-10-24(25(13-20)44-3)46-16-26(39)37-34-14-19-11-22(32)29(23(33)12-19)47-15-18-5-8-21(9-6-18)38(42)43/h5-14,28H,4,15-16H2,1-3H3,(H,37,39)(H2,35,36,41)/b34-14-/t28-/m0/s1. The van der Waals surface area contributed by atoms with E-state index >= 15 is 0 Å². The summed E-state index contributed by atoms with van der Waals surface area (Å²) in [5, 5.41) is 20.1. The Balaban J connectivity index is 1.34. The smallest absolute Gasteiger partial charge is 0.338 e. The van der Waals surface area contributed by atoms with Gasteiger partial charge in [-0.3, -0.25) is 14.9 Å². The molecule has 0 aliphatic carbocycles. The number of nitrogens with zero attached hydrogens (tertiary/aromatic N) is 2. The Morgan fingerprint density at radius 1 is 1.06 bits per heavy atom. The number of nitrogens with one attached hydrogen (secondary N) is 3. The fraction of sp³-hybridized carbons (Fsp3) is 0.226. The number of halogens is 2. The number of carbonyl (C=O) groups is 3. The van der Waals surface area contributed by atoms with Crippen molar-refractivity contribution in [3.8, 4) is 17.2 Å². The summed E-state index contributed by atoms with van der Waals surface area (Å²) in [5.74, 6) is -0.0574. The number of carbonyl (C=O) groups excluding carboxylic acids is 3. The van der Waals surface area contributed by atoms with Crippen molar-refractivity contribution in [1.29, 1.82) is 0 Å². The molecule has 1 aliphatic heterocycles. The lowest BCUT2D eigenvalue weighted by atomic mass is 9.95.